The predicted molar refractivity (Wildman–Crippen MR) is 84.5 cm³/mol. The van der Waals surface area contributed by atoms with Crippen molar-refractivity contribution in [2.75, 3.05) is 6.54 Å². The minimum atomic E-state index is 0.0194. The van der Waals surface area contributed by atoms with Crippen LogP contribution in [-0.2, 0) is 7.05 Å². The van der Waals surface area contributed by atoms with E-state index in [4.69, 9.17) is 23.2 Å². The zero-order valence-electron chi connectivity index (χ0n) is 12.0. The standard InChI is InChI=1S/C15H19Cl2N3/c1-4-7-18-14(15-13(17)9-19-20(15)3)11-5-6-12(16)10(2)8-11/h5-6,8-9,14,18H,4,7H2,1-3H3. The summed E-state index contributed by atoms with van der Waals surface area (Å²) >= 11 is 12.4. The summed E-state index contributed by atoms with van der Waals surface area (Å²) in [5, 5.41) is 9.21. The van der Waals surface area contributed by atoms with Crippen LogP contribution in [-0.4, -0.2) is 16.3 Å². The van der Waals surface area contributed by atoms with E-state index >= 15 is 0 Å². The molecule has 108 valence electrons. The lowest BCUT2D eigenvalue weighted by atomic mass is 10.0. The number of nitrogens with zero attached hydrogens (tertiary/aromatic N) is 2. The molecule has 0 radical (unpaired) electrons. The van der Waals surface area contributed by atoms with Crippen molar-refractivity contribution in [3.63, 3.8) is 0 Å². The number of hydrogen-bond donors (Lipinski definition) is 1. The molecule has 1 heterocycles. The number of rotatable bonds is 5. The molecule has 0 aliphatic heterocycles. The Balaban J connectivity index is 2.44. The summed E-state index contributed by atoms with van der Waals surface area (Å²) in [6.45, 7) is 5.06. The van der Waals surface area contributed by atoms with E-state index in [1.54, 1.807) is 6.20 Å². The molecule has 1 atom stereocenters. The molecule has 2 rings (SSSR count). The number of hydrogen-bond acceptors (Lipinski definition) is 2. The highest BCUT2D eigenvalue weighted by Gasteiger charge is 2.20. The van der Waals surface area contributed by atoms with Crippen molar-refractivity contribution in [2.45, 2.75) is 26.3 Å². The van der Waals surface area contributed by atoms with Crippen molar-refractivity contribution < 1.29 is 0 Å². The maximum Gasteiger partial charge on any atom is 0.0837 e. The highest BCUT2D eigenvalue weighted by Crippen LogP contribution is 2.29. The molecule has 2 aromatic rings. The second-order valence-corrected chi connectivity index (χ2v) is 5.71. The van der Waals surface area contributed by atoms with E-state index in [0.717, 1.165) is 34.8 Å². The Hall–Kier alpha value is -1.03. The summed E-state index contributed by atoms with van der Waals surface area (Å²) in [7, 11) is 1.91. The number of aryl methyl sites for hydroxylation is 2. The molecule has 0 aliphatic carbocycles. The average Bonchev–Trinajstić information content (AvgIpc) is 2.75. The highest BCUT2D eigenvalue weighted by molar-refractivity contribution is 6.31. The highest BCUT2D eigenvalue weighted by atomic mass is 35.5. The fourth-order valence-corrected chi connectivity index (χ4v) is 2.65. The van der Waals surface area contributed by atoms with E-state index < -0.39 is 0 Å². The molecule has 0 fully saturated rings. The average molecular weight is 312 g/mol. The molecule has 1 aromatic carbocycles. The van der Waals surface area contributed by atoms with Gasteiger partial charge in [0.25, 0.3) is 0 Å². The van der Waals surface area contributed by atoms with Gasteiger partial charge in [0.05, 0.1) is 23.0 Å². The molecule has 1 N–H and O–H groups in total. The van der Waals surface area contributed by atoms with E-state index in [1.165, 1.54) is 0 Å². The van der Waals surface area contributed by atoms with Crippen LogP contribution < -0.4 is 5.32 Å². The van der Waals surface area contributed by atoms with Gasteiger partial charge in [-0.25, -0.2) is 0 Å². The van der Waals surface area contributed by atoms with Gasteiger partial charge in [-0.15, -0.1) is 0 Å². The second-order valence-electron chi connectivity index (χ2n) is 4.90. The summed E-state index contributed by atoms with van der Waals surface area (Å²) in [5.41, 5.74) is 3.18. The molecule has 0 saturated heterocycles. The van der Waals surface area contributed by atoms with Crippen molar-refractivity contribution in [3.8, 4) is 0 Å². The van der Waals surface area contributed by atoms with Crippen LogP contribution in [0.2, 0.25) is 10.0 Å². The molecule has 3 nitrogen and oxygen atoms in total. The van der Waals surface area contributed by atoms with Crippen LogP contribution >= 0.6 is 23.2 Å². The van der Waals surface area contributed by atoms with Gasteiger partial charge in [0.1, 0.15) is 0 Å². The first-order chi connectivity index (χ1) is 9.54. The minimum absolute atomic E-state index is 0.0194. The summed E-state index contributed by atoms with van der Waals surface area (Å²) in [6.07, 6.45) is 2.73. The molecule has 0 spiro atoms. The Bertz CT molecular complexity index is 573. The lowest BCUT2D eigenvalue weighted by Crippen LogP contribution is -2.25. The van der Waals surface area contributed by atoms with Crippen LogP contribution in [0, 0.1) is 6.92 Å². The molecule has 0 bridgehead atoms. The number of benzene rings is 1. The van der Waals surface area contributed by atoms with Gasteiger partial charge in [-0.2, -0.15) is 5.10 Å². The molecular formula is C15H19Cl2N3. The van der Waals surface area contributed by atoms with Gasteiger partial charge in [0.15, 0.2) is 0 Å². The van der Waals surface area contributed by atoms with Crippen LogP contribution in [0.4, 0.5) is 0 Å². The van der Waals surface area contributed by atoms with E-state index in [0.29, 0.717) is 5.02 Å². The maximum absolute atomic E-state index is 6.29. The van der Waals surface area contributed by atoms with Crippen molar-refractivity contribution in [2.24, 2.45) is 7.05 Å². The van der Waals surface area contributed by atoms with E-state index in [1.807, 2.05) is 30.8 Å². The topological polar surface area (TPSA) is 29.9 Å². The molecule has 20 heavy (non-hydrogen) atoms. The Kier molecular flexibility index (Phi) is 5.08. The summed E-state index contributed by atoms with van der Waals surface area (Å²) in [5.74, 6) is 0. The third-order valence-corrected chi connectivity index (χ3v) is 4.04. The van der Waals surface area contributed by atoms with Crippen LogP contribution in [0.3, 0.4) is 0 Å². The Morgan fingerprint density at radius 1 is 1.30 bits per heavy atom. The van der Waals surface area contributed by atoms with Crippen LogP contribution in [0.5, 0.6) is 0 Å². The monoisotopic (exact) mass is 311 g/mol. The SMILES string of the molecule is CCCNC(c1ccc(Cl)c(C)c1)c1c(Cl)cnn1C. The van der Waals surface area contributed by atoms with Gasteiger partial charge in [-0.3, -0.25) is 4.68 Å². The smallest absolute Gasteiger partial charge is 0.0837 e. The number of halogens is 2. The molecule has 0 saturated carbocycles. The number of aromatic nitrogens is 2. The van der Waals surface area contributed by atoms with E-state index in [-0.39, 0.29) is 6.04 Å². The van der Waals surface area contributed by atoms with Crippen molar-refractivity contribution in [3.05, 3.63) is 51.3 Å². The van der Waals surface area contributed by atoms with Gasteiger partial charge >= 0.3 is 0 Å². The molecule has 0 aliphatic rings. The Morgan fingerprint density at radius 3 is 2.60 bits per heavy atom. The largest absolute Gasteiger partial charge is 0.305 e. The summed E-state index contributed by atoms with van der Waals surface area (Å²) in [4.78, 5) is 0. The summed E-state index contributed by atoms with van der Waals surface area (Å²) < 4.78 is 1.82. The lowest BCUT2D eigenvalue weighted by Gasteiger charge is -2.20. The van der Waals surface area contributed by atoms with Gasteiger partial charge in [-0.1, -0.05) is 42.3 Å². The van der Waals surface area contributed by atoms with Crippen molar-refractivity contribution in [1.29, 1.82) is 0 Å². The minimum Gasteiger partial charge on any atom is -0.305 e. The number of nitrogens with one attached hydrogen (secondary N) is 1. The van der Waals surface area contributed by atoms with Crippen LogP contribution in [0.25, 0.3) is 0 Å². The molecule has 5 heteroatoms. The van der Waals surface area contributed by atoms with Gasteiger partial charge < -0.3 is 5.32 Å². The zero-order chi connectivity index (χ0) is 14.7. The Morgan fingerprint density at radius 2 is 2.05 bits per heavy atom. The first-order valence-corrected chi connectivity index (χ1v) is 7.47. The lowest BCUT2D eigenvalue weighted by molar-refractivity contribution is 0.553. The summed E-state index contributed by atoms with van der Waals surface area (Å²) in [6, 6.07) is 6.08. The van der Waals surface area contributed by atoms with E-state index in [9.17, 15) is 0 Å². The first kappa shape index (κ1) is 15.4. The third-order valence-electron chi connectivity index (χ3n) is 3.32. The van der Waals surface area contributed by atoms with Gasteiger partial charge in [-0.05, 0) is 37.1 Å². The normalized spacial score (nSPS) is 12.7. The van der Waals surface area contributed by atoms with Gasteiger partial charge in [0.2, 0.25) is 0 Å². The third kappa shape index (κ3) is 3.17. The second kappa shape index (κ2) is 6.61. The quantitative estimate of drug-likeness (QED) is 0.900. The fourth-order valence-electron chi connectivity index (χ4n) is 2.25. The van der Waals surface area contributed by atoms with Crippen molar-refractivity contribution in [1.82, 2.24) is 15.1 Å². The predicted octanol–water partition coefficient (Wildman–Crippen LogP) is 4.12. The molecule has 1 aromatic heterocycles. The maximum atomic E-state index is 6.29. The molecule has 1 unspecified atom stereocenters. The molecule has 0 amide bonds. The fraction of sp³-hybridized carbons (Fsp3) is 0.400. The zero-order valence-corrected chi connectivity index (χ0v) is 13.5. The van der Waals surface area contributed by atoms with Crippen LogP contribution in [0.15, 0.2) is 24.4 Å². The van der Waals surface area contributed by atoms with Gasteiger partial charge in [0, 0.05) is 12.1 Å². The van der Waals surface area contributed by atoms with E-state index in [2.05, 4.69) is 23.4 Å². The Labute approximate surface area is 129 Å². The first-order valence-electron chi connectivity index (χ1n) is 6.71. The molecular weight excluding hydrogens is 293 g/mol. The van der Waals surface area contributed by atoms with Crippen molar-refractivity contribution >= 4 is 23.2 Å². The van der Waals surface area contributed by atoms with Crippen LogP contribution in [0.1, 0.15) is 36.2 Å².